The molecule has 3 nitrogen and oxygen atoms in total. The molecule has 0 aliphatic rings. The summed E-state index contributed by atoms with van der Waals surface area (Å²) in [5.41, 5.74) is 0.816. The van der Waals surface area contributed by atoms with E-state index >= 15 is 0 Å². The fraction of sp³-hybridized carbons (Fsp3) is 0.0833. The van der Waals surface area contributed by atoms with Gasteiger partial charge in [-0.05, 0) is 36.4 Å². The van der Waals surface area contributed by atoms with Crippen LogP contribution in [0.25, 0.3) is 0 Å². The normalized spacial score (nSPS) is 10.4. The first-order valence-electron chi connectivity index (χ1n) is 5.01. The molecule has 0 N–H and O–H groups in total. The minimum absolute atomic E-state index is 0.0424. The van der Waals surface area contributed by atoms with Gasteiger partial charge in [0.2, 0.25) is 0 Å². The first-order valence-corrected chi connectivity index (χ1v) is 5.82. The minimum Gasteiger partial charge on any atom is -0.298 e. The van der Waals surface area contributed by atoms with Crippen LogP contribution in [0.15, 0.2) is 34.6 Å². The fourth-order valence-corrected chi connectivity index (χ4v) is 1.98. The lowest BCUT2D eigenvalue weighted by Gasteiger charge is -2.04. The molecule has 0 atom stereocenters. The maximum absolute atomic E-state index is 13.6. The van der Waals surface area contributed by atoms with E-state index in [0.717, 1.165) is 29.5 Å². The largest absolute Gasteiger partial charge is 0.298 e. The summed E-state index contributed by atoms with van der Waals surface area (Å²) < 4.78 is 27.2. The van der Waals surface area contributed by atoms with Crippen molar-refractivity contribution in [2.45, 2.75) is 17.0 Å². The van der Waals surface area contributed by atoms with Gasteiger partial charge in [-0.2, -0.15) is 0 Å². The van der Waals surface area contributed by atoms with Gasteiger partial charge in [0, 0.05) is 18.0 Å². The van der Waals surface area contributed by atoms with Gasteiger partial charge in [-0.3, -0.25) is 4.79 Å². The van der Waals surface area contributed by atoms with E-state index in [1.54, 1.807) is 12.4 Å². The maximum Gasteiger partial charge on any atom is 0.192 e. The van der Waals surface area contributed by atoms with Crippen molar-refractivity contribution in [1.82, 2.24) is 9.97 Å². The molecule has 0 aliphatic heterocycles. The van der Waals surface area contributed by atoms with Crippen LogP contribution in [0.3, 0.4) is 0 Å². The summed E-state index contributed by atoms with van der Waals surface area (Å²) in [5, 5.41) is 0.247. The molecule has 0 radical (unpaired) electrons. The van der Waals surface area contributed by atoms with Crippen LogP contribution >= 0.6 is 11.8 Å². The summed E-state index contributed by atoms with van der Waals surface area (Å²) in [6, 6.07) is 1.96. The van der Waals surface area contributed by atoms with E-state index in [1.165, 1.54) is 0 Å². The van der Waals surface area contributed by atoms with Crippen molar-refractivity contribution in [3.05, 3.63) is 47.3 Å². The van der Waals surface area contributed by atoms with Crippen LogP contribution < -0.4 is 0 Å². The van der Waals surface area contributed by atoms with Gasteiger partial charge >= 0.3 is 0 Å². The number of hydrogen-bond acceptors (Lipinski definition) is 4. The zero-order valence-corrected chi connectivity index (χ0v) is 10.2. The summed E-state index contributed by atoms with van der Waals surface area (Å²) in [7, 11) is 0. The van der Waals surface area contributed by atoms with Crippen molar-refractivity contribution in [3.63, 3.8) is 0 Å². The van der Waals surface area contributed by atoms with Crippen molar-refractivity contribution in [3.8, 4) is 0 Å². The highest BCUT2D eigenvalue weighted by Crippen LogP contribution is 2.30. The lowest BCUT2D eigenvalue weighted by molar-refractivity contribution is 0.112. The van der Waals surface area contributed by atoms with Crippen molar-refractivity contribution in [2.24, 2.45) is 0 Å². The second-order valence-electron chi connectivity index (χ2n) is 3.58. The van der Waals surface area contributed by atoms with Gasteiger partial charge < -0.3 is 0 Å². The molecular formula is C12H8F2N2OS. The molecule has 2 aromatic rings. The standard InChI is InChI=1S/C12H8F2N2OS/c1-7-4-15-12(16-5-7)18-11-9(13)2-8(6-17)3-10(11)14/h2-6H,1H3. The van der Waals surface area contributed by atoms with Crippen molar-refractivity contribution >= 4 is 18.0 Å². The van der Waals surface area contributed by atoms with Crippen LogP contribution in [0.1, 0.15) is 15.9 Å². The van der Waals surface area contributed by atoms with E-state index in [9.17, 15) is 13.6 Å². The third-order valence-electron chi connectivity index (χ3n) is 2.11. The molecule has 0 unspecified atom stereocenters. The number of nitrogens with zero attached hydrogens (tertiary/aromatic N) is 2. The average molecular weight is 266 g/mol. The topological polar surface area (TPSA) is 42.9 Å². The van der Waals surface area contributed by atoms with Crippen LogP contribution in [0.4, 0.5) is 8.78 Å². The third-order valence-corrected chi connectivity index (χ3v) is 3.09. The summed E-state index contributed by atoms with van der Waals surface area (Å²) in [4.78, 5) is 18.1. The molecule has 0 spiro atoms. The van der Waals surface area contributed by atoms with Crippen LogP contribution in [0.5, 0.6) is 0 Å². The molecule has 0 bridgehead atoms. The second kappa shape index (κ2) is 5.22. The minimum atomic E-state index is -0.800. The third kappa shape index (κ3) is 2.70. The molecule has 0 aliphatic carbocycles. The lowest BCUT2D eigenvalue weighted by atomic mass is 10.2. The number of hydrogen-bond donors (Lipinski definition) is 0. The van der Waals surface area contributed by atoms with E-state index in [-0.39, 0.29) is 15.6 Å². The predicted octanol–water partition coefficient (Wildman–Crippen LogP) is 3.03. The summed E-state index contributed by atoms with van der Waals surface area (Å²) in [6.07, 6.45) is 3.51. The van der Waals surface area contributed by atoms with Crippen LogP contribution in [0.2, 0.25) is 0 Å². The number of aromatic nitrogens is 2. The lowest BCUT2D eigenvalue weighted by Crippen LogP contribution is -1.94. The van der Waals surface area contributed by atoms with Gasteiger partial charge in [0.05, 0.1) is 4.90 Å². The molecule has 0 fully saturated rings. The van der Waals surface area contributed by atoms with E-state index in [4.69, 9.17) is 0 Å². The van der Waals surface area contributed by atoms with E-state index in [0.29, 0.717) is 6.29 Å². The number of halogens is 2. The summed E-state index contributed by atoms with van der Waals surface area (Å²) >= 11 is 0.781. The van der Waals surface area contributed by atoms with Gasteiger partial charge in [-0.15, -0.1) is 0 Å². The van der Waals surface area contributed by atoms with Crippen molar-refractivity contribution in [1.29, 1.82) is 0 Å². The number of carbonyl (C=O) groups is 1. The zero-order valence-electron chi connectivity index (χ0n) is 9.35. The molecule has 92 valence electrons. The monoisotopic (exact) mass is 266 g/mol. The van der Waals surface area contributed by atoms with E-state index in [2.05, 4.69) is 9.97 Å². The Kier molecular flexibility index (Phi) is 3.66. The predicted molar refractivity (Wildman–Crippen MR) is 62.6 cm³/mol. The number of aldehydes is 1. The van der Waals surface area contributed by atoms with Gasteiger partial charge in [0.1, 0.15) is 17.9 Å². The molecule has 1 heterocycles. The van der Waals surface area contributed by atoms with Crippen molar-refractivity contribution in [2.75, 3.05) is 0 Å². The smallest absolute Gasteiger partial charge is 0.192 e. The Morgan fingerprint density at radius 2 is 1.72 bits per heavy atom. The highest BCUT2D eigenvalue weighted by molar-refractivity contribution is 7.99. The van der Waals surface area contributed by atoms with Crippen LogP contribution in [-0.4, -0.2) is 16.3 Å². The SMILES string of the molecule is Cc1cnc(Sc2c(F)cc(C=O)cc2F)nc1. The van der Waals surface area contributed by atoms with Gasteiger partial charge in [-0.1, -0.05) is 0 Å². The molecule has 1 aromatic heterocycles. The second-order valence-corrected chi connectivity index (χ2v) is 4.55. The Morgan fingerprint density at radius 3 is 2.22 bits per heavy atom. The van der Waals surface area contributed by atoms with Crippen LogP contribution in [0, 0.1) is 18.6 Å². The molecule has 6 heteroatoms. The summed E-state index contributed by atoms with van der Waals surface area (Å²) in [5.74, 6) is -1.60. The number of benzene rings is 1. The summed E-state index contributed by atoms with van der Waals surface area (Å²) in [6.45, 7) is 1.81. The Morgan fingerprint density at radius 1 is 1.17 bits per heavy atom. The number of rotatable bonds is 3. The first kappa shape index (κ1) is 12.6. The van der Waals surface area contributed by atoms with Crippen LogP contribution in [-0.2, 0) is 0 Å². The van der Waals surface area contributed by atoms with Gasteiger partial charge in [0.15, 0.2) is 5.16 Å². The van der Waals surface area contributed by atoms with Crippen molar-refractivity contribution < 1.29 is 13.6 Å². The molecule has 18 heavy (non-hydrogen) atoms. The maximum atomic E-state index is 13.6. The quantitative estimate of drug-likeness (QED) is 0.632. The Labute approximate surface area is 106 Å². The highest BCUT2D eigenvalue weighted by Gasteiger charge is 2.13. The molecule has 0 saturated heterocycles. The fourth-order valence-electron chi connectivity index (χ4n) is 1.27. The van der Waals surface area contributed by atoms with E-state index in [1.807, 2.05) is 6.92 Å². The molecular weight excluding hydrogens is 258 g/mol. The highest BCUT2D eigenvalue weighted by atomic mass is 32.2. The van der Waals surface area contributed by atoms with E-state index < -0.39 is 11.6 Å². The average Bonchev–Trinajstić information content (AvgIpc) is 2.35. The van der Waals surface area contributed by atoms with Gasteiger partial charge in [0.25, 0.3) is 0 Å². The zero-order chi connectivity index (χ0) is 13.1. The first-order chi connectivity index (χ1) is 8.60. The molecule has 0 saturated carbocycles. The number of aryl methyl sites for hydroxylation is 1. The molecule has 2 rings (SSSR count). The molecule has 0 amide bonds. The Hall–Kier alpha value is -1.82. The van der Waals surface area contributed by atoms with Gasteiger partial charge in [-0.25, -0.2) is 18.7 Å². The Balaban J connectivity index is 2.34. The number of carbonyl (C=O) groups excluding carboxylic acids is 1. The molecule has 1 aromatic carbocycles. The Bertz CT molecular complexity index is 564.